The maximum Gasteiger partial charge on any atom is 0.0843 e. The van der Waals surface area contributed by atoms with Gasteiger partial charge < -0.3 is 0 Å². The lowest BCUT2D eigenvalue weighted by atomic mass is 9.86. The third-order valence-electron chi connectivity index (χ3n) is 3.00. The molecule has 0 amide bonds. The molecule has 0 aliphatic heterocycles. The van der Waals surface area contributed by atoms with E-state index in [-0.39, 0.29) is 0 Å². The van der Waals surface area contributed by atoms with Gasteiger partial charge in [0.05, 0.1) is 8.61 Å². The van der Waals surface area contributed by atoms with Crippen LogP contribution in [0.4, 0.5) is 0 Å². The number of hydrogen-bond donors (Lipinski definition) is 0. The molecule has 0 radical (unpaired) electrons. The molecule has 1 aliphatic carbocycles. The van der Waals surface area contributed by atoms with Gasteiger partial charge >= 0.3 is 0 Å². The van der Waals surface area contributed by atoms with Crippen molar-refractivity contribution in [3.63, 3.8) is 0 Å². The topological polar surface area (TPSA) is 0 Å². The Morgan fingerprint density at radius 2 is 1.87 bits per heavy atom. The van der Waals surface area contributed by atoms with Gasteiger partial charge in [0, 0.05) is 9.35 Å². The minimum absolute atomic E-state index is 0.547. The van der Waals surface area contributed by atoms with Crippen molar-refractivity contribution in [2.24, 2.45) is 5.92 Å². The van der Waals surface area contributed by atoms with E-state index < -0.39 is 0 Å². The minimum atomic E-state index is 0.547. The Morgan fingerprint density at radius 3 is 2.40 bits per heavy atom. The molecule has 0 spiro atoms. The molecule has 0 saturated heterocycles. The Bertz CT molecular complexity index is 309. The summed E-state index contributed by atoms with van der Waals surface area (Å²) in [4.78, 5) is 1.99. The summed E-state index contributed by atoms with van der Waals surface area (Å²) in [7, 11) is 0. The molecule has 0 bridgehead atoms. The van der Waals surface area contributed by atoms with Gasteiger partial charge in [0.2, 0.25) is 0 Å². The summed E-state index contributed by atoms with van der Waals surface area (Å²) in [6, 6.07) is 2.24. The van der Waals surface area contributed by atoms with Gasteiger partial charge in [-0.2, -0.15) is 0 Å². The summed E-state index contributed by atoms with van der Waals surface area (Å²) in [6.45, 7) is 0. The highest BCUT2D eigenvalue weighted by molar-refractivity contribution is 9.13. The van der Waals surface area contributed by atoms with Crippen molar-refractivity contribution in [2.45, 2.75) is 36.9 Å². The van der Waals surface area contributed by atoms with Crippen molar-refractivity contribution in [1.29, 1.82) is 0 Å². The minimum Gasteiger partial charge on any atom is -0.131 e. The van der Waals surface area contributed by atoms with Gasteiger partial charge in [0.1, 0.15) is 0 Å². The first kappa shape index (κ1) is 12.6. The molecule has 1 aromatic heterocycles. The van der Waals surface area contributed by atoms with Crippen LogP contribution in [0.15, 0.2) is 14.3 Å². The summed E-state index contributed by atoms with van der Waals surface area (Å²) in [5.41, 5.74) is 0. The van der Waals surface area contributed by atoms with Crippen molar-refractivity contribution in [2.75, 3.05) is 0 Å². The number of halogens is 3. The van der Waals surface area contributed by atoms with Crippen LogP contribution in [-0.4, -0.2) is 0 Å². The molecule has 0 nitrogen and oxygen atoms in total. The largest absolute Gasteiger partial charge is 0.131 e. The zero-order chi connectivity index (χ0) is 10.8. The van der Waals surface area contributed by atoms with Crippen molar-refractivity contribution < 1.29 is 0 Å². The molecule has 0 N–H and O–H groups in total. The van der Waals surface area contributed by atoms with Crippen LogP contribution >= 0.6 is 59.1 Å². The third-order valence-corrected chi connectivity index (χ3v) is 7.88. The smallest absolute Gasteiger partial charge is 0.0843 e. The molecule has 4 heteroatoms. The second-order valence-electron chi connectivity index (χ2n) is 4.07. The lowest BCUT2D eigenvalue weighted by Gasteiger charge is -2.25. The standard InChI is InChI=1S/C11H13Br3S/c12-8-6-9(15-11(8)14)10(13)7-4-2-1-3-5-7/h6-7,10H,1-5H2. The second kappa shape index (κ2) is 5.65. The molecule has 1 aliphatic rings. The highest BCUT2D eigenvalue weighted by Gasteiger charge is 2.24. The first-order valence-corrected chi connectivity index (χ1v) is 8.59. The van der Waals surface area contributed by atoms with Gasteiger partial charge in [0.25, 0.3) is 0 Å². The molecule has 1 aromatic rings. The highest BCUT2D eigenvalue weighted by Crippen LogP contribution is 2.45. The Labute approximate surface area is 120 Å². The van der Waals surface area contributed by atoms with Crippen LogP contribution in [0.3, 0.4) is 0 Å². The number of alkyl halides is 1. The van der Waals surface area contributed by atoms with Crippen molar-refractivity contribution >= 4 is 59.1 Å². The summed E-state index contributed by atoms with van der Waals surface area (Å²) < 4.78 is 2.39. The van der Waals surface area contributed by atoms with Crippen molar-refractivity contribution in [1.82, 2.24) is 0 Å². The quantitative estimate of drug-likeness (QED) is 0.497. The van der Waals surface area contributed by atoms with Crippen LogP contribution in [0.25, 0.3) is 0 Å². The van der Waals surface area contributed by atoms with E-state index in [1.165, 1.54) is 45.2 Å². The normalized spacial score (nSPS) is 20.5. The Kier molecular flexibility index (Phi) is 4.75. The molecule has 2 rings (SSSR count). The summed E-state index contributed by atoms with van der Waals surface area (Å²) in [6.07, 6.45) is 6.99. The fraction of sp³-hybridized carbons (Fsp3) is 0.636. The Morgan fingerprint density at radius 1 is 1.20 bits per heavy atom. The van der Waals surface area contributed by atoms with Gasteiger partial charge in [-0.1, -0.05) is 35.2 Å². The fourth-order valence-corrected chi connectivity index (χ4v) is 5.26. The molecule has 0 aromatic carbocycles. The van der Waals surface area contributed by atoms with Crippen LogP contribution in [0.2, 0.25) is 0 Å². The van der Waals surface area contributed by atoms with E-state index in [1.54, 1.807) is 0 Å². The zero-order valence-electron chi connectivity index (χ0n) is 8.31. The van der Waals surface area contributed by atoms with Gasteiger partial charge in [-0.25, -0.2) is 0 Å². The fourth-order valence-electron chi connectivity index (χ4n) is 2.16. The molecule has 1 unspecified atom stereocenters. The van der Waals surface area contributed by atoms with E-state index in [2.05, 4.69) is 53.9 Å². The molecular weight excluding hydrogens is 404 g/mol. The molecule has 15 heavy (non-hydrogen) atoms. The van der Waals surface area contributed by atoms with Gasteiger partial charge in [-0.3, -0.25) is 0 Å². The van der Waals surface area contributed by atoms with Crippen LogP contribution in [0.1, 0.15) is 41.8 Å². The number of rotatable bonds is 2. The maximum atomic E-state index is 3.86. The lowest BCUT2D eigenvalue weighted by Crippen LogP contribution is -2.10. The second-order valence-corrected chi connectivity index (χ2v) is 8.31. The summed E-state index contributed by atoms with van der Waals surface area (Å²) in [5.74, 6) is 0.830. The first-order chi connectivity index (χ1) is 7.18. The molecule has 1 heterocycles. The predicted octanol–water partition coefficient (Wildman–Crippen LogP) is 6.29. The van der Waals surface area contributed by atoms with E-state index in [1.807, 2.05) is 11.3 Å². The summed E-state index contributed by atoms with van der Waals surface area (Å²) >= 11 is 12.8. The van der Waals surface area contributed by atoms with Crippen LogP contribution < -0.4 is 0 Å². The first-order valence-electron chi connectivity index (χ1n) is 5.27. The van der Waals surface area contributed by atoms with Gasteiger partial charge in [0.15, 0.2) is 0 Å². The van der Waals surface area contributed by atoms with Crippen molar-refractivity contribution in [3.8, 4) is 0 Å². The van der Waals surface area contributed by atoms with E-state index in [0.717, 1.165) is 5.92 Å². The molecule has 1 fully saturated rings. The Hall–Kier alpha value is 1.14. The van der Waals surface area contributed by atoms with Gasteiger partial charge in [-0.05, 0) is 56.7 Å². The average molecular weight is 417 g/mol. The number of hydrogen-bond acceptors (Lipinski definition) is 1. The molecule has 1 saturated carbocycles. The SMILES string of the molecule is Brc1cc(C(Br)C2CCCCC2)sc1Br. The predicted molar refractivity (Wildman–Crippen MR) is 78.0 cm³/mol. The summed E-state index contributed by atoms with van der Waals surface area (Å²) in [5, 5.41) is 0. The van der Waals surface area contributed by atoms with E-state index in [4.69, 9.17) is 0 Å². The van der Waals surface area contributed by atoms with Crippen LogP contribution in [0.5, 0.6) is 0 Å². The monoisotopic (exact) mass is 414 g/mol. The lowest BCUT2D eigenvalue weighted by molar-refractivity contribution is 0.356. The van der Waals surface area contributed by atoms with E-state index >= 15 is 0 Å². The van der Waals surface area contributed by atoms with Gasteiger partial charge in [-0.15, -0.1) is 11.3 Å². The molecule has 1 atom stereocenters. The molecular formula is C11H13Br3S. The van der Waals surface area contributed by atoms with Crippen LogP contribution in [-0.2, 0) is 0 Å². The van der Waals surface area contributed by atoms with E-state index in [9.17, 15) is 0 Å². The zero-order valence-corrected chi connectivity index (χ0v) is 13.9. The molecule has 84 valence electrons. The maximum absolute atomic E-state index is 3.86. The van der Waals surface area contributed by atoms with E-state index in [0.29, 0.717) is 4.83 Å². The Balaban J connectivity index is 2.08. The van der Waals surface area contributed by atoms with Crippen LogP contribution in [0, 0.1) is 5.92 Å². The number of thiophene rings is 1. The average Bonchev–Trinajstić information content (AvgIpc) is 2.59. The third kappa shape index (κ3) is 3.08. The highest BCUT2D eigenvalue weighted by atomic mass is 79.9. The van der Waals surface area contributed by atoms with Crippen molar-refractivity contribution in [3.05, 3.63) is 19.2 Å².